The lowest BCUT2D eigenvalue weighted by Crippen LogP contribution is -2.47. The lowest BCUT2D eigenvalue weighted by atomic mass is 10.1. The molecule has 3 aromatic rings. The van der Waals surface area contributed by atoms with Gasteiger partial charge in [-0.15, -0.1) is 10.2 Å². The first-order valence-corrected chi connectivity index (χ1v) is 9.05. The molecule has 0 spiro atoms. The van der Waals surface area contributed by atoms with Crippen molar-refractivity contribution in [1.29, 1.82) is 0 Å². The molecule has 26 heavy (non-hydrogen) atoms. The number of rotatable bonds is 2. The molecule has 2 aromatic heterocycles. The summed E-state index contributed by atoms with van der Waals surface area (Å²) in [6.07, 6.45) is 0. The zero-order valence-corrected chi connectivity index (χ0v) is 15.4. The van der Waals surface area contributed by atoms with Gasteiger partial charge in [0.25, 0.3) is 5.91 Å². The van der Waals surface area contributed by atoms with E-state index in [9.17, 15) is 9.18 Å². The highest BCUT2D eigenvalue weighted by Crippen LogP contribution is 2.32. The van der Waals surface area contributed by atoms with E-state index in [1.54, 1.807) is 4.90 Å². The van der Waals surface area contributed by atoms with Gasteiger partial charge in [-0.2, -0.15) is 4.37 Å². The van der Waals surface area contributed by atoms with E-state index in [2.05, 4.69) is 19.6 Å². The molecule has 1 unspecified atom stereocenters. The second-order valence-electron chi connectivity index (χ2n) is 6.38. The number of carbonyl (C=O) groups is 1. The number of nitrogens with zero attached hydrogens (tertiary/aromatic N) is 6. The van der Waals surface area contributed by atoms with Crippen molar-refractivity contribution in [2.75, 3.05) is 0 Å². The summed E-state index contributed by atoms with van der Waals surface area (Å²) in [6, 6.07) is 5.28. The minimum absolute atomic E-state index is 0.0705. The van der Waals surface area contributed by atoms with Gasteiger partial charge in [-0.3, -0.25) is 4.79 Å². The summed E-state index contributed by atoms with van der Waals surface area (Å²) in [5.74, 6) is 1.58. The lowest BCUT2D eigenvalue weighted by molar-refractivity contribution is 0.0514. The molecule has 1 amide bonds. The molecule has 0 saturated carbocycles. The van der Waals surface area contributed by atoms with E-state index in [1.807, 2.05) is 25.3 Å². The number of halogens is 1. The molecule has 0 aliphatic carbocycles. The van der Waals surface area contributed by atoms with Gasteiger partial charge < -0.3 is 9.47 Å². The molecule has 2 atom stereocenters. The fourth-order valence-corrected chi connectivity index (χ4v) is 3.99. The van der Waals surface area contributed by atoms with E-state index in [0.29, 0.717) is 29.6 Å². The predicted molar refractivity (Wildman–Crippen MR) is 94.1 cm³/mol. The third kappa shape index (κ3) is 2.68. The smallest absolute Gasteiger partial charge is 0.254 e. The number of benzene rings is 1. The molecule has 1 aliphatic heterocycles. The summed E-state index contributed by atoms with van der Waals surface area (Å²) in [5, 5.41) is 9.30. The Labute approximate surface area is 153 Å². The second-order valence-corrected chi connectivity index (χ2v) is 7.14. The highest BCUT2D eigenvalue weighted by molar-refractivity contribution is 7.09. The Morgan fingerprint density at radius 1 is 1.23 bits per heavy atom. The third-order valence-electron chi connectivity index (χ3n) is 4.54. The third-order valence-corrected chi connectivity index (χ3v) is 5.34. The number of amides is 1. The summed E-state index contributed by atoms with van der Waals surface area (Å²) in [6.45, 7) is 6.30. The predicted octanol–water partition coefficient (Wildman–Crippen LogP) is 2.85. The molecule has 1 aliphatic rings. The maximum atomic E-state index is 13.2. The van der Waals surface area contributed by atoms with Crippen LogP contribution in [0.25, 0.3) is 10.8 Å². The Hall–Kier alpha value is -2.68. The van der Waals surface area contributed by atoms with Gasteiger partial charge in [0.15, 0.2) is 16.7 Å². The quantitative estimate of drug-likeness (QED) is 0.691. The molecular formula is C17H17FN6OS. The van der Waals surface area contributed by atoms with Crippen LogP contribution in [0.3, 0.4) is 0 Å². The van der Waals surface area contributed by atoms with E-state index < -0.39 is 0 Å². The Morgan fingerprint density at radius 3 is 2.62 bits per heavy atom. The molecule has 7 nitrogen and oxygen atoms in total. The molecule has 9 heteroatoms. The van der Waals surface area contributed by atoms with Gasteiger partial charge >= 0.3 is 0 Å². The molecule has 3 heterocycles. The Bertz CT molecular complexity index is 966. The van der Waals surface area contributed by atoms with Gasteiger partial charge in [0.2, 0.25) is 0 Å². The monoisotopic (exact) mass is 372 g/mol. The van der Waals surface area contributed by atoms with Crippen molar-refractivity contribution in [3.8, 4) is 10.8 Å². The van der Waals surface area contributed by atoms with Crippen LogP contribution in [0, 0.1) is 12.7 Å². The van der Waals surface area contributed by atoms with Gasteiger partial charge in [0.05, 0.1) is 6.04 Å². The Balaban J connectivity index is 1.69. The van der Waals surface area contributed by atoms with Crippen molar-refractivity contribution < 1.29 is 9.18 Å². The summed E-state index contributed by atoms with van der Waals surface area (Å²) < 4.78 is 19.4. The van der Waals surface area contributed by atoms with Crippen LogP contribution >= 0.6 is 11.5 Å². The first-order valence-electron chi connectivity index (χ1n) is 8.27. The first kappa shape index (κ1) is 16.8. The van der Waals surface area contributed by atoms with Crippen molar-refractivity contribution in [3.63, 3.8) is 0 Å². The largest absolute Gasteiger partial charge is 0.324 e. The summed E-state index contributed by atoms with van der Waals surface area (Å²) in [7, 11) is 0. The second kappa shape index (κ2) is 6.24. The highest BCUT2D eigenvalue weighted by atomic mass is 32.1. The topological polar surface area (TPSA) is 76.8 Å². The summed E-state index contributed by atoms with van der Waals surface area (Å²) in [5.41, 5.74) is 0.457. The molecule has 0 N–H and O–H groups in total. The molecular weight excluding hydrogens is 355 g/mol. The van der Waals surface area contributed by atoms with Crippen molar-refractivity contribution in [2.24, 2.45) is 0 Å². The first-order chi connectivity index (χ1) is 12.5. The average Bonchev–Trinajstić information content (AvgIpc) is 3.21. The molecule has 0 fully saturated rings. The number of hydrogen-bond acceptors (Lipinski definition) is 6. The van der Waals surface area contributed by atoms with Gasteiger partial charge in [-0.1, -0.05) is 0 Å². The molecule has 0 bridgehead atoms. The molecule has 0 radical (unpaired) electrons. The SMILES string of the molecule is Cc1nsc(-c2nnc3n2CC(C)N(C(=O)c2ccc(F)cc2)[C@@H]3C)n1. The fourth-order valence-electron chi connectivity index (χ4n) is 3.33. The van der Waals surface area contributed by atoms with Crippen molar-refractivity contribution in [3.05, 3.63) is 47.3 Å². The average molecular weight is 372 g/mol. The number of fused-ring (bicyclic) bond motifs is 1. The van der Waals surface area contributed by atoms with Crippen molar-refractivity contribution in [1.82, 2.24) is 29.0 Å². The van der Waals surface area contributed by atoms with E-state index in [4.69, 9.17) is 0 Å². The normalized spacial score (nSPS) is 19.5. The maximum Gasteiger partial charge on any atom is 0.254 e. The molecule has 1 aromatic carbocycles. The standard InChI is InChI=1S/C17H17FN6OS/c1-9-8-23-14(20-21-15(23)16-19-11(3)22-26-16)10(2)24(9)17(25)12-4-6-13(18)7-5-12/h4-7,9-10H,8H2,1-3H3/t9?,10-/m1/s1. The maximum absolute atomic E-state index is 13.2. The Morgan fingerprint density at radius 2 is 1.96 bits per heavy atom. The summed E-state index contributed by atoms with van der Waals surface area (Å²) in [4.78, 5) is 19.1. The van der Waals surface area contributed by atoms with E-state index in [0.717, 1.165) is 5.01 Å². The van der Waals surface area contributed by atoms with E-state index in [-0.39, 0.29) is 23.8 Å². The minimum Gasteiger partial charge on any atom is -0.324 e. The fraction of sp³-hybridized carbons (Fsp3) is 0.353. The lowest BCUT2D eigenvalue weighted by Gasteiger charge is -2.39. The van der Waals surface area contributed by atoms with Crippen LogP contribution < -0.4 is 0 Å². The van der Waals surface area contributed by atoms with Crippen LogP contribution in [0.1, 0.15) is 41.9 Å². The number of carbonyl (C=O) groups excluding carboxylic acids is 1. The molecule has 134 valence electrons. The summed E-state index contributed by atoms with van der Waals surface area (Å²) >= 11 is 1.29. The zero-order chi connectivity index (χ0) is 18.4. The Kier molecular flexibility index (Phi) is 4.03. The highest BCUT2D eigenvalue weighted by Gasteiger charge is 2.36. The van der Waals surface area contributed by atoms with Gasteiger partial charge in [0, 0.05) is 18.2 Å². The van der Waals surface area contributed by atoms with Crippen LogP contribution in [0.15, 0.2) is 24.3 Å². The molecule has 4 rings (SSSR count). The van der Waals surface area contributed by atoms with Crippen LogP contribution in [-0.4, -0.2) is 41.0 Å². The van der Waals surface area contributed by atoms with Gasteiger partial charge in [-0.25, -0.2) is 9.37 Å². The van der Waals surface area contributed by atoms with Gasteiger partial charge in [0.1, 0.15) is 11.6 Å². The van der Waals surface area contributed by atoms with Gasteiger partial charge in [-0.05, 0) is 56.6 Å². The van der Waals surface area contributed by atoms with Crippen molar-refractivity contribution >= 4 is 17.4 Å². The van der Waals surface area contributed by atoms with Crippen LogP contribution in [0.5, 0.6) is 0 Å². The molecule has 0 saturated heterocycles. The zero-order valence-electron chi connectivity index (χ0n) is 14.5. The van der Waals surface area contributed by atoms with Crippen LogP contribution in [-0.2, 0) is 6.54 Å². The van der Waals surface area contributed by atoms with E-state index >= 15 is 0 Å². The van der Waals surface area contributed by atoms with Crippen LogP contribution in [0.4, 0.5) is 4.39 Å². The van der Waals surface area contributed by atoms with Crippen molar-refractivity contribution in [2.45, 2.75) is 39.4 Å². The number of hydrogen-bond donors (Lipinski definition) is 0. The number of aromatic nitrogens is 5. The minimum atomic E-state index is -0.363. The van der Waals surface area contributed by atoms with Crippen LogP contribution in [0.2, 0.25) is 0 Å². The number of aryl methyl sites for hydroxylation is 1. The van der Waals surface area contributed by atoms with E-state index in [1.165, 1.54) is 35.8 Å².